The Hall–Kier alpha value is -3.36. The number of carbonyl (C=O) groups excluding carboxylic acids is 3. The van der Waals surface area contributed by atoms with Crippen LogP contribution in [0, 0.1) is 11.3 Å². The number of fused-ring (bicyclic) bond motifs is 1. The van der Waals surface area contributed by atoms with Crippen molar-refractivity contribution in [3.8, 4) is 6.07 Å². The summed E-state index contributed by atoms with van der Waals surface area (Å²) in [6.45, 7) is 1.75. The first-order valence-corrected chi connectivity index (χ1v) is 9.25. The Balaban J connectivity index is 1.77. The molecule has 0 spiro atoms. The second kappa shape index (κ2) is 7.90. The first kappa shape index (κ1) is 18.4. The summed E-state index contributed by atoms with van der Waals surface area (Å²) in [5.41, 5.74) is 0.916. The Bertz CT molecular complexity index is 1080. The normalized spacial score (nSPS) is 10.2. The van der Waals surface area contributed by atoms with E-state index in [0.717, 1.165) is 22.7 Å². The van der Waals surface area contributed by atoms with Gasteiger partial charge in [0.2, 0.25) is 0 Å². The van der Waals surface area contributed by atoms with Gasteiger partial charge >= 0.3 is 6.09 Å². The molecule has 0 bridgehead atoms. The van der Waals surface area contributed by atoms with Gasteiger partial charge in [-0.05, 0) is 24.4 Å². The van der Waals surface area contributed by atoms with Crippen LogP contribution in [0.5, 0.6) is 0 Å². The maximum absolute atomic E-state index is 12.5. The van der Waals surface area contributed by atoms with Crippen LogP contribution >= 0.6 is 22.7 Å². The maximum atomic E-state index is 12.5. The number of alkyl carbamates (subject to hydrolysis) is 1. The van der Waals surface area contributed by atoms with E-state index in [0.29, 0.717) is 15.9 Å². The highest BCUT2D eigenvalue weighted by atomic mass is 32.1. The number of pyridine rings is 1. The quantitative estimate of drug-likeness (QED) is 0.686. The molecule has 3 heterocycles. The van der Waals surface area contributed by atoms with Gasteiger partial charge in [-0.2, -0.15) is 5.26 Å². The number of carbonyl (C=O) groups is 3. The Labute approximate surface area is 160 Å². The Morgan fingerprint density at radius 2 is 2.15 bits per heavy atom. The predicted octanol–water partition coefficient (Wildman–Crippen LogP) is 2.76. The van der Waals surface area contributed by atoms with Crippen LogP contribution < -0.4 is 10.6 Å². The van der Waals surface area contributed by atoms with E-state index < -0.39 is 17.9 Å². The average molecular weight is 401 g/mol. The van der Waals surface area contributed by atoms with Crippen molar-refractivity contribution in [3.63, 3.8) is 0 Å². The third-order valence-electron chi connectivity index (χ3n) is 3.20. The predicted molar refractivity (Wildman–Crippen MR) is 98.9 cm³/mol. The zero-order valence-corrected chi connectivity index (χ0v) is 15.4. The fourth-order valence-corrected chi connectivity index (χ4v) is 3.62. The second-order valence-corrected chi connectivity index (χ2v) is 6.86. The molecule has 27 heavy (non-hydrogen) atoms. The lowest BCUT2D eigenvalue weighted by molar-refractivity contribution is 0.0926. The molecule has 9 nitrogen and oxygen atoms in total. The molecule has 0 fully saturated rings. The van der Waals surface area contributed by atoms with Crippen molar-refractivity contribution >= 4 is 55.9 Å². The Kier molecular flexibility index (Phi) is 5.39. The molecule has 0 aromatic carbocycles. The highest BCUT2D eigenvalue weighted by molar-refractivity contribution is 7.20. The number of nitrogens with one attached hydrogen (secondary N) is 2. The number of nitrogens with zero attached hydrogens (tertiary/aromatic N) is 3. The Morgan fingerprint density at radius 1 is 1.33 bits per heavy atom. The van der Waals surface area contributed by atoms with E-state index in [4.69, 9.17) is 5.26 Å². The van der Waals surface area contributed by atoms with Crippen molar-refractivity contribution < 1.29 is 19.1 Å². The second-order valence-electron chi connectivity index (χ2n) is 4.97. The minimum Gasteiger partial charge on any atom is -0.450 e. The van der Waals surface area contributed by atoms with Crippen molar-refractivity contribution in [1.82, 2.24) is 15.3 Å². The smallest absolute Gasteiger partial charge is 0.414 e. The first-order chi connectivity index (χ1) is 13.0. The van der Waals surface area contributed by atoms with Crippen LogP contribution in [0.3, 0.4) is 0 Å². The van der Waals surface area contributed by atoms with Crippen LogP contribution in [0.4, 0.5) is 9.80 Å². The van der Waals surface area contributed by atoms with Gasteiger partial charge in [0.25, 0.3) is 11.8 Å². The number of thiazole rings is 1. The number of ether oxygens (including phenoxy) is 1. The molecule has 3 aromatic rings. The molecule has 3 aromatic heterocycles. The molecular weight excluding hydrogens is 390 g/mol. The lowest BCUT2D eigenvalue weighted by atomic mass is 10.3. The topological polar surface area (TPSA) is 134 Å². The monoisotopic (exact) mass is 401 g/mol. The van der Waals surface area contributed by atoms with Crippen molar-refractivity contribution in [2.45, 2.75) is 6.92 Å². The molecular formula is C16H11N5O4S2. The van der Waals surface area contributed by atoms with E-state index >= 15 is 0 Å². The van der Waals surface area contributed by atoms with Gasteiger partial charge < -0.3 is 10.1 Å². The lowest BCUT2D eigenvalue weighted by Crippen LogP contribution is -2.31. The van der Waals surface area contributed by atoms with Gasteiger partial charge in [0.1, 0.15) is 21.4 Å². The summed E-state index contributed by atoms with van der Waals surface area (Å²) in [6, 6.07) is 4.98. The van der Waals surface area contributed by atoms with Gasteiger partial charge in [-0.1, -0.05) is 11.3 Å². The molecule has 0 saturated heterocycles. The van der Waals surface area contributed by atoms with E-state index in [2.05, 4.69) is 25.3 Å². The zero-order valence-electron chi connectivity index (χ0n) is 13.8. The molecule has 136 valence electrons. The van der Waals surface area contributed by atoms with Gasteiger partial charge in [-0.3, -0.25) is 14.9 Å². The van der Waals surface area contributed by atoms with Crippen LogP contribution in [0.2, 0.25) is 0 Å². The zero-order chi connectivity index (χ0) is 19.4. The largest absolute Gasteiger partial charge is 0.450 e. The minimum atomic E-state index is -0.864. The van der Waals surface area contributed by atoms with Crippen molar-refractivity contribution in [2.75, 3.05) is 11.9 Å². The lowest BCUT2D eigenvalue weighted by Gasteiger charge is -2.05. The SMILES string of the molecule is CCOC(=O)NC(=O)c1ccsc1NC(=O)c1nc2cc(C#N)cnc2s1. The molecule has 0 unspecified atom stereocenters. The van der Waals surface area contributed by atoms with Crippen LogP contribution in [0.1, 0.15) is 32.6 Å². The number of nitriles is 1. The van der Waals surface area contributed by atoms with E-state index in [1.54, 1.807) is 18.4 Å². The summed E-state index contributed by atoms with van der Waals surface area (Å²) in [5, 5.41) is 15.6. The third-order valence-corrected chi connectivity index (χ3v) is 5.01. The number of hydrogen-bond acceptors (Lipinski definition) is 9. The van der Waals surface area contributed by atoms with Crippen LogP contribution in [0.25, 0.3) is 10.3 Å². The summed E-state index contributed by atoms with van der Waals surface area (Å²) >= 11 is 2.19. The van der Waals surface area contributed by atoms with Crippen LogP contribution in [-0.2, 0) is 4.74 Å². The molecule has 0 aliphatic rings. The molecule has 0 saturated carbocycles. The summed E-state index contributed by atoms with van der Waals surface area (Å²) in [7, 11) is 0. The van der Waals surface area contributed by atoms with Crippen molar-refractivity contribution in [3.05, 3.63) is 39.8 Å². The molecule has 0 aliphatic heterocycles. The van der Waals surface area contributed by atoms with Gasteiger partial charge in [-0.25, -0.2) is 14.8 Å². The average Bonchev–Trinajstić information content (AvgIpc) is 3.27. The summed E-state index contributed by atoms with van der Waals surface area (Å²) < 4.78 is 4.66. The number of thiophene rings is 1. The fraction of sp³-hybridized carbons (Fsp3) is 0.125. The highest BCUT2D eigenvalue weighted by Crippen LogP contribution is 2.26. The molecule has 2 N–H and O–H groups in total. The number of anilines is 1. The number of amides is 3. The molecule has 11 heteroatoms. The van der Waals surface area contributed by atoms with Crippen LogP contribution in [-0.4, -0.2) is 34.5 Å². The van der Waals surface area contributed by atoms with Gasteiger partial charge in [0, 0.05) is 6.20 Å². The molecule has 3 amide bonds. The highest BCUT2D eigenvalue weighted by Gasteiger charge is 2.20. The molecule has 0 atom stereocenters. The van der Waals surface area contributed by atoms with Crippen molar-refractivity contribution in [2.24, 2.45) is 0 Å². The maximum Gasteiger partial charge on any atom is 0.414 e. The fourth-order valence-electron chi connectivity index (χ4n) is 2.05. The molecule has 3 rings (SSSR count). The first-order valence-electron chi connectivity index (χ1n) is 7.55. The Morgan fingerprint density at radius 3 is 2.89 bits per heavy atom. The summed E-state index contributed by atoms with van der Waals surface area (Å²) in [5.74, 6) is -1.21. The van der Waals surface area contributed by atoms with E-state index in [1.165, 1.54) is 12.3 Å². The van der Waals surface area contributed by atoms with Gasteiger partial charge in [0.15, 0.2) is 5.01 Å². The van der Waals surface area contributed by atoms with E-state index in [-0.39, 0.29) is 22.2 Å². The number of rotatable bonds is 4. The van der Waals surface area contributed by atoms with Gasteiger partial charge in [-0.15, -0.1) is 11.3 Å². The summed E-state index contributed by atoms with van der Waals surface area (Å²) in [6.07, 6.45) is 0.538. The minimum absolute atomic E-state index is 0.130. The molecule has 0 aliphatic carbocycles. The number of hydrogen-bond donors (Lipinski definition) is 2. The molecule has 0 radical (unpaired) electrons. The van der Waals surface area contributed by atoms with E-state index in [9.17, 15) is 14.4 Å². The van der Waals surface area contributed by atoms with E-state index in [1.807, 2.05) is 6.07 Å². The number of aromatic nitrogens is 2. The third kappa shape index (κ3) is 4.08. The van der Waals surface area contributed by atoms with Gasteiger partial charge in [0.05, 0.1) is 17.7 Å². The summed E-state index contributed by atoms with van der Waals surface area (Å²) in [4.78, 5) is 44.8. The van der Waals surface area contributed by atoms with Crippen LogP contribution in [0.15, 0.2) is 23.7 Å². The standard InChI is InChI=1S/C16H11N5O4S2/c1-2-25-16(24)21-11(22)9-3-4-26-13(9)20-12(23)15-19-10-5-8(6-17)7-18-14(10)27-15/h3-5,7H,2H2,1H3,(H,20,23)(H,21,22,24). The van der Waals surface area contributed by atoms with Crippen molar-refractivity contribution in [1.29, 1.82) is 5.26 Å². The number of imide groups is 1.